The van der Waals surface area contributed by atoms with Crippen molar-refractivity contribution in [2.75, 3.05) is 0 Å². The largest absolute Gasteiger partial charge is 0.459 e. The van der Waals surface area contributed by atoms with Crippen LogP contribution in [0.25, 0.3) is 0 Å². The van der Waals surface area contributed by atoms with Crippen LogP contribution in [0.15, 0.2) is 28.9 Å². The predicted octanol–water partition coefficient (Wildman–Crippen LogP) is 3.59. The Morgan fingerprint density at radius 2 is 1.88 bits per heavy atom. The molecular weight excluding hydrogens is 324 g/mol. The van der Waals surface area contributed by atoms with Gasteiger partial charge in [0.2, 0.25) is 5.91 Å². The first-order chi connectivity index (χ1) is 11.3. The Morgan fingerprint density at radius 3 is 2.38 bits per heavy atom. The SMILES string of the molecule is Cc1cc([C@H](C)NC(=O)[C@H](NC(=O)c2ccco2)C(C)C)c(C)s1. The minimum absolute atomic E-state index is 0.0404. The highest BCUT2D eigenvalue weighted by Crippen LogP contribution is 2.26. The third kappa shape index (κ3) is 4.26. The second-order valence-corrected chi connectivity index (χ2v) is 7.73. The third-order valence-electron chi connectivity index (χ3n) is 3.89. The van der Waals surface area contributed by atoms with Gasteiger partial charge in [0.25, 0.3) is 5.91 Å². The van der Waals surface area contributed by atoms with Gasteiger partial charge in [0, 0.05) is 9.75 Å². The van der Waals surface area contributed by atoms with Gasteiger partial charge in [-0.3, -0.25) is 9.59 Å². The molecule has 0 unspecified atom stereocenters. The van der Waals surface area contributed by atoms with Crippen LogP contribution < -0.4 is 10.6 Å². The van der Waals surface area contributed by atoms with Crippen molar-refractivity contribution in [1.82, 2.24) is 10.6 Å². The molecule has 2 aromatic rings. The van der Waals surface area contributed by atoms with E-state index in [1.165, 1.54) is 16.0 Å². The Kier molecular flexibility index (Phi) is 5.83. The number of aryl methyl sites for hydroxylation is 2. The second kappa shape index (κ2) is 7.66. The normalized spacial score (nSPS) is 13.6. The summed E-state index contributed by atoms with van der Waals surface area (Å²) in [6.07, 6.45) is 1.43. The van der Waals surface area contributed by atoms with Crippen LogP contribution in [0.4, 0.5) is 0 Å². The van der Waals surface area contributed by atoms with Crippen LogP contribution in [-0.4, -0.2) is 17.9 Å². The minimum atomic E-state index is -0.620. The molecule has 0 bridgehead atoms. The summed E-state index contributed by atoms with van der Waals surface area (Å²) in [6.45, 7) is 9.86. The fraction of sp³-hybridized carbons (Fsp3) is 0.444. The van der Waals surface area contributed by atoms with E-state index in [1.807, 2.05) is 27.7 Å². The van der Waals surface area contributed by atoms with E-state index in [9.17, 15) is 9.59 Å². The van der Waals surface area contributed by atoms with E-state index in [2.05, 4.69) is 23.6 Å². The van der Waals surface area contributed by atoms with Crippen molar-refractivity contribution < 1.29 is 14.0 Å². The number of hydrogen-bond acceptors (Lipinski definition) is 4. The molecule has 0 aliphatic rings. The molecule has 0 saturated carbocycles. The quantitative estimate of drug-likeness (QED) is 0.838. The van der Waals surface area contributed by atoms with Gasteiger partial charge in [0.1, 0.15) is 6.04 Å². The van der Waals surface area contributed by atoms with Gasteiger partial charge in [-0.1, -0.05) is 13.8 Å². The zero-order valence-electron chi connectivity index (χ0n) is 14.7. The number of furan rings is 1. The minimum Gasteiger partial charge on any atom is -0.459 e. The molecule has 0 aromatic carbocycles. The molecule has 2 N–H and O–H groups in total. The van der Waals surface area contributed by atoms with Gasteiger partial charge in [-0.15, -0.1) is 11.3 Å². The number of carbonyl (C=O) groups excluding carboxylic acids is 2. The number of hydrogen-bond donors (Lipinski definition) is 2. The van der Waals surface area contributed by atoms with Gasteiger partial charge < -0.3 is 15.1 Å². The van der Waals surface area contributed by atoms with E-state index in [-0.39, 0.29) is 29.5 Å². The third-order valence-corrected chi connectivity index (χ3v) is 4.87. The molecule has 130 valence electrons. The zero-order chi connectivity index (χ0) is 17.9. The van der Waals surface area contributed by atoms with Crippen LogP contribution in [0.3, 0.4) is 0 Å². The molecule has 6 heteroatoms. The van der Waals surface area contributed by atoms with Crippen LogP contribution in [0.5, 0.6) is 0 Å². The zero-order valence-corrected chi connectivity index (χ0v) is 15.5. The molecule has 0 aliphatic heterocycles. The number of amides is 2. The number of rotatable bonds is 6. The van der Waals surface area contributed by atoms with Crippen LogP contribution >= 0.6 is 11.3 Å². The van der Waals surface area contributed by atoms with Gasteiger partial charge in [0.05, 0.1) is 12.3 Å². The van der Waals surface area contributed by atoms with Gasteiger partial charge in [0.15, 0.2) is 5.76 Å². The van der Waals surface area contributed by atoms with E-state index in [0.29, 0.717) is 0 Å². The molecule has 0 saturated heterocycles. The van der Waals surface area contributed by atoms with Gasteiger partial charge in [-0.2, -0.15) is 0 Å². The molecule has 0 fully saturated rings. The van der Waals surface area contributed by atoms with Crippen molar-refractivity contribution in [2.45, 2.75) is 46.7 Å². The lowest BCUT2D eigenvalue weighted by Crippen LogP contribution is -2.50. The lowest BCUT2D eigenvalue weighted by atomic mass is 10.0. The Bertz CT molecular complexity index is 704. The van der Waals surface area contributed by atoms with E-state index >= 15 is 0 Å². The molecule has 24 heavy (non-hydrogen) atoms. The van der Waals surface area contributed by atoms with Crippen molar-refractivity contribution in [3.8, 4) is 0 Å². The Labute approximate surface area is 146 Å². The van der Waals surface area contributed by atoms with E-state index in [1.54, 1.807) is 23.5 Å². The van der Waals surface area contributed by atoms with Crippen molar-refractivity contribution in [1.29, 1.82) is 0 Å². The molecule has 2 amide bonds. The monoisotopic (exact) mass is 348 g/mol. The second-order valence-electron chi connectivity index (χ2n) is 6.27. The summed E-state index contributed by atoms with van der Waals surface area (Å²) in [5.41, 5.74) is 1.12. The smallest absolute Gasteiger partial charge is 0.287 e. The average molecular weight is 348 g/mol. The summed E-state index contributed by atoms with van der Waals surface area (Å²) < 4.78 is 5.08. The van der Waals surface area contributed by atoms with Crippen molar-refractivity contribution >= 4 is 23.2 Å². The Morgan fingerprint density at radius 1 is 1.17 bits per heavy atom. The molecule has 0 spiro atoms. The molecule has 5 nitrogen and oxygen atoms in total. The average Bonchev–Trinajstić information content (AvgIpc) is 3.13. The lowest BCUT2D eigenvalue weighted by molar-refractivity contribution is -0.124. The first kappa shape index (κ1) is 18.3. The highest BCUT2D eigenvalue weighted by molar-refractivity contribution is 7.12. The Balaban J connectivity index is 2.06. The van der Waals surface area contributed by atoms with Gasteiger partial charge in [-0.05, 0) is 50.5 Å². The van der Waals surface area contributed by atoms with E-state index in [4.69, 9.17) is 4.42 Å². The van der Waals surface area contributed by atoms with Crippen LogP contribution in [0.1, 0.15) is 52.7 Å². The molecule has 2 rings (SSSR count). The van der Waals surface area contributed by atoms with Gasteiger partial charge in [-0.25, -0.2) is 0 Å². The molecule has 2 atom stereocenters. The molecule has 2 heterocycles. The summed E-state index contributed by atoms with van der Waals surface area (Å²) >= 11 is 1.71. The summed E-state index contributed by atoms with van der Waals surface area (Å²) in [5, 5.41) is 5.76. The Hall–Kier alpha value is -2.08. The van der Waals surface area contributed by atoms with Crippen LogP contribution in [-0.2, 0) is 4.79 Å². The highest BCUT2D eigenvalue weighted by Gasteiger charge is 2.27. The standard InChI is InChI=1S/C18H24N2O3S/c1-10(2)16(20-17(21)15-7-6-8-23-15)18(22)19-12(4)14-9-11(3)24-13(14)5/h6-10,12,16H,1-5H3,(H,19,22)(H,20,21)/t12-,16+/m0/s1. The highest BCUT2D eigenvalue weighted by atomic mass is 32.1. The summed E-state index contributed by atoms with van der Waals surface area (Å²) in [6, 6.07) is 4.58. The summed E-state index contributed by atoms with van der Waals surface area (Å²) in [5.74, 6) is -0.419. The first-order valence-electron chi connectivity index (χ1n) is 8.01. The lowest BCUT2D eigenvalue weighted by Gasteiger charge is -2.23. The number of thiophene rings is 1. The van der Waals surface area contributed by atoms with Crippen molar-refractivity contribution in [3.05, 3.63) is 45.5 Å². The van der Waals surface area contributed by atoms with Crippen LogP contribution in [0, 0.1) is 19.8 Å². The van der Waals surface area contributed by atoms with Crippen LogP contribution in [0.2, 0.25) is 0 Å². The summed E-state index contributed by atoms with van der Waals surface area (Å²) in [4.78, 5) is 27.2. The number of nitrogens with one attached hydrogen (secondary N) is 2. The van der Waals surface area contributed by atoms with Crippen molar-refractivity contribution in [2.24, 2.45) is 5.92 Å². The van der Waals surface area contributed by atoms with Crippen molar-refractivity contribution in [3.63, 3.8) is 0 Å². The summed E-state index contributed by atoms with van der Waals surface area (Å²) in [7, 11) is 0. The van der Waals surface area contributed by atoms with E-state index < -0.39 is 6.04 Å². The first-order valence-corrected chi connectivity index (χ1v) is 8.83. The number of carbonyl (C=O) groups is 2. The topological polar surface area (TPSA) is 71.3 Å². The maximum Gasteiger partial charge on any atom is 0.287 e. The molecule has 2 aromatic heterocycles. The maximum absolute atomic E-state index is 12.6. The molecule has 0 aliphatic carbocycles. The predicted molar refractivity (Wildman–Crippen MR) is 95.2 cm³/mol. The molecule has 0 radical (unpaired) electrons. The van der Waals surface area contributed by atoms with Gasteiger partial charge >= 0.3 is 0 Å². The molecular formula is C18H24N2O3S. The van der Waals surface area contributed by atoms with E-state index in [0.717, 1.165) is 5.56 Å². The fourth-order valence-electron chi connectivity index (χ4n) is 2.62. The fourth-order valence-corrected chi connectivity index (χ4v) is 3.64. The maximum atomic E-state index is 12.6.